The highest BCUT2D eigenvalue weighted by Gasteiger charge is 2.19. The molecule has 4 rings (SSSR count). The Bertz CT molecular complexity index is 955. The first-order valence-corrected chi connectivity index (χ1v) is 9.77. The standard InChI is InChI=1S/C22H21ClN2O3/c23-18-7-8-20-16(12-18)11-17(14-28-20)22(27)24-19-5-3-4-15(10-19)13-25-9-2-1-6-21(25)26/h3-5,7-8,10-12H,1-2,6,9,13-14H2,(H,24,27). The monoisotopic (exact) mass is 396 g/mol. The van der Waals surface area contributed by atoms with Gasteiger partial charge in [-0.1, -0.05) is 23.7 Å². The Labute approximate surface area is 168 Å². The van der Waals surface area contributed by atoms with E-state index in [1.54, 1.807) is 24.3 Å². The molecular weight excluding hydrogens is 376 g/mol. The number of rotatable bonds is 4. The van der Waals surface area contributed by atoms with Crippen LogP contribution in [0.3, 0.4) is 0 Å². The largest absolute Gasteiger partial charge is 0.488 e. The third kappa shape index (κ3) is 4.20. The molecule has 5 nitrogen and oxygen atoms in total. The Morgan fingerprint density at radius 1 is 1.18 bits per heavy atom. The van der Waals surface area contributed by atoms with Crippen molar-refractivity contribution in [1.29, 1.82) is 0 Å². The van der Waals surface area contributed by atoms with Gasteiger partial charge in [0.25, 0.3) is 5.91 Å². The first-order chi connectivity index (χ1) is 13.6. The number of benzene rings is 2. The van der Waals surface area contributed by atoms with Crippen LogP contribution in [0.15, 0.2) is 48.0 Å². The molecule has 0 radical (unpaired) electrons. The Balaban J connectivity index is 1.45. The van der Waals surface area contributed by atoms with Gasteiger partial charge in [0, 0.05) is 35.8 Å². The SMILES string of the molecule is O=C(Nc1cccc(CN2CCCCC2=O)c1)C1=Cc2cc(Cl)ccc2OC1. The average Bonchev–Trinajstić information content (AvgIpc) is 2.69. The third-order valence-corrected chi connectivity index (χ3v) is 5.19. The first kappa shape index (κ1) is 18.6. The Hall–Kier alpha value is -2.79. The van der Waals surface area contributed by atoms with Crippen molar-refractivity contribution in [3.05, 3.63) is 64.2 Å². The number of hydrogen-bond acceptors (Lipinski definition) is 3. The summed E-state index contributed by atoms with van der Waals surface area (Å²) in [6.45, 7) is 1.57. The quantitative estimate of drug-likeness (QED) is 0.839. The number of nitrogens with one attached hydrogen (secondary N) is 1. The predicted octanol–water partition coefficient (Wildman–Crippen LogP) is 4.27. The van der Waals surface area contributed by atoms with Gasteiger partial charge >= 0.3 is 0 Å². The molecule has 0 aliphatic carbocycles. The molecule has 2 amide bonds. The maximum Gasteiger partial charge on any atom is 0.255 e. The van der Waals surface area contributed by atoms with Gasteiger partial charge in [-0.05, 0) is 54.8 Å². The lowest BCUT2D eigenvalue weighted by Crippen LogP contribution is -2.34. The maximum atomic E-state index is 12.7. The number of carbonyl (C=O) groups is 2. The summed E-state index contributed by atoms with van der Waals surface area (Å²) >= 11 is 6.03. The zero-order valence-corrected chi connectivity index (χ0v) is 16.2. The van der Waals surface area contributed by atoms with Crippen molar-refractivity contribution >= 4 is 35.2 Å². The van der Waals surface area contributed by atoms with Crippen LogP contribution in [0.2, 0.25) is 5.02 Å². The number of hydrogen-bond donors (Lipinski definition) is 1. The molecule has 1 N–H and O–H groups in total. The van der Waals surface area contributed by atoms with E-state index in [0.29, 0.717) is 35.0 Å². The summed E-state index contributed by atoms with van der Waals surface area (Å²) in [5.41, 5.74) is 3.02. The molecule has 0 unspecified atom stereocenters. The van der Waals surface area contributed by atoms with Gasteiger partial charge in [-0.3, -0.25) is 9.59 Å². The molecule has 2 aromatic carbocycles. The lowest BCUT2D eigenvalue weighted by molar-refractivity contribution is -0.133. The highest BCUT2D eigenvalue weighted by Crippen LogP contribution is 2.29. The highest BCUT2D eigenvalue weighted by atomic mass is 35.5. The second-order valence-electron chi connectivity index (χ2n) is 7.07. The number of piperidine rings is 1. The molecule has 0 aromatic heterocycles. The number of likely N-dealkylation sites (tertiary alicyclic amines) is 1. The average molecular weight is 397 g/mol. The highest BCUT2D eigenvalue weighted by molar-refractivity contribution is 6.30. The number of anilines is 1. The van der Waals surface area contributed by atoms with Crippen LogP contribution < -0.4 is 10.1 Å². The van der Waals surface area contributed by atoms with E-state index in [1.165, 1.54) is 0 Å². The zero-order chi connectivity index (χ0) is 19.5. The smallest absolute Gasteiger partial charge is 0.255 e. The van der Waals surface area contributed by atoms with Crippen LogP contribution in [0.5, 0.6) is 5.75 Å². The molecule has 0 bridgehead atoms. The summed E-state index contributed by atoms with van der Waals surface area (Å²) in [6, 6.07) is 13.0. The molecular formula is C22H21ClN2O3. The van der Waals surface area contributed by atoms with E-state index in [9.17, 15) is 9.59 Å². The molecule has 0 saturated carbocycles. The van der Waals surface area contributed by atoms with Gasteiger partial charge in [0.1, 0.15) is 12.4 Å². The van der Waals surface area contributed by atoms with Gasteiger partial charge in [-0.15, -0.1) is 0 Å². The van der Waals surface area contributed by atoms with Crippen molar-refractivity contribution in [2.75, 3.05) is 18.5 Å². The Morgan fingerprint density at radius 2 is 2.07 bits per heavy atom. The van der Waals surface area contributed by atoms with Gasteiger partial charge in [0.2, 0.25) is 5.91 Å². The molecule has 28 heavy (non-hydrogen) atoms. The van der Waals surface area contributed by atoms with E-state index in [1.807, 2.05) is 29.2 Å². The summed E-state index contributed by atoms with van der Waals surface area (Å²) in [4.78, 5) is 26.6. The van der Waals surface area contributed by atoms with Crippen LogP contribution in [-0.2, 0) is 16.1 Å². The van der Waals surface area contributed by atoms with E-state index in [-0.39, 0.29) is 18.4 Å². The topological polar surface area (TPSA) is 58.6 Å². The van der Waals surface area contributed by atoms with E-state index in [2.05, 4.69) is 5.32 Å². The second kappa shape index (κ2) is 8.07. The van der Waals surface area contributed by atoms with Gasteiger partial charge in [0.15, 0.2) is 0 Å². The maximum absolute atomic E-state index is 12.7. The number of halogens is 1. The molecule has 2 aliphatic rings. The summed E-state index contributed by atoms with van der Waals surface area (Å²) in [7, 11) is 0. The summed E-state index contributed by atoms with van der Waals surface area (Å²) < 4.78 is 5.65. The van der Waals surface area contributed by atoms with Gasteiger partial charge < -0.3 is 15.0 Å². The fraction of sp³-hybridized carbons (Fsp3) is 0.273. The van der Waals surface area contributed by atoms with Crippen molar-refractivity contribution in [2.45, 2.75) is 25.8 Å². The van der Waals surface area contributed by atoms with Crippen molar-refractivity contribution in [3.63, 3.8) is 0 Å². The van der Waals surface area contributed by atoms with Crippen LogP contribution >= 0.6 is 11.6 Å². The van der Waals surface area contributed by atoms with E-state index in [0.717, 1.165) is 30.5 Å². The number of carbonyl (C=O) groups excluding carboxylic acids is 2. The Morgan fingerprint density at radius 3 is 2.93 bits per heavy atom. The third-order valence-electron chi connectivity index (χ3n) is 4.96. The molecule has 2 aliphatic heterocycles. The fourth-order valence-electron chi connectivity index (χ4n) is 3.49. The van der Waals surface area contributed by atoms with Gasteiger partial charge in [-0.2, -0.15) is 0 Å². The lowest BCUT2D eigenvalue weighted by Gasteiger charge is -2.27. The molecule has 2 heterocycles. The number of fused-ring (bicyclic) bond motifs is 1. The van der Waals surface area contributed by atoms with Crippen LogP contribution in [0, 0.1) is 0 Å². The summed E-state index contributed by atoms with van der Waals surface area (Å²) in [5.74, 6) is 0.702. The molecule has 0 spiro atoms. The minimum Gasteiger partial charge on any atom is -0.488 e. The Kier molecular flexibility index (Phi) is 5.35. The molecule has 2 aromatic rings. The van der Waals surface area contributed by atoms with Crippen LogP contribution in [-0.4, -0.2) is 29.9 Å². The molecule has 6 heteroatoms. The normalized spacial score (nSPS) is 16.1. The minimum atomic E-state index is -0.211. The molecule has 1 saturated heterocycles. The van der Waals surface area contributed by atoms with Gasteiger partial charge in [0.05, 0.1) is 5.57 Å². The lowest BCUT2D eigenvalue weighted by atomic mass is 10.1. The van der Waals surface area contributed by atoms with Crippen molar-refractivity contribution in [1.82, 2.24) is 4.90 Å². The van der Waals surface area contributed by atoms with Crippen LogP contribution in [0.25, 0.3) is 6.08 Å². The molecule has 0 atom stereocenters. The fourth-order valence-corrected chi connectivity index (χ4v) is 3.67. The number of ether oxygens (including phenoxy) is 1. The predicted molar refractivity (Wildman–Crippen MR) is 109 cm³/mol. The summed E-state index contributed by atoms with van der Waals surface area (Å²) in [5, 5.41) is 3.52. The minimum absolute atomic E-state index is 0.197. The van der Waals surface area contributed by atoms with Crippen molar-refractivity contribution < 1.29 is 14.3 Å². The molecule has 1 fully saturated rings. The van der Waals surface area contributed by atoms with Gasteiger partial charge in [-0.25, -0.2) is 0 Å². The molecule has 144 valence electrons. The van der Waals surface area contributed by atoms with E-state index < -0.39 is 0 Å². The van der Waals surface area contributed by atoms with E-state index >= 15 is 0 Å². The zero-order valence-electron chi connectivity index (χ0n) is 15.4. The summed E-state index contributed by atoms with van der Waals surface area (Å²) in [6.07, 6.45) is 4.44. The second-order valence-corrected chi connectivity index (χ2v) is 7.50. The van der Waals surface area contributed by atoms with Crippen LogP contribution in [0.4, 0.5) is 5.69 Å². The van der Waals surface area contributed by atoms with E-state index in [4.69, 9.17) is 16.3 Å². The van der Waals surface area contributed by atoms with Crippen molar-refractivity contribution in [3.8, 4) is 5.75 Å². The number of nitrogens with zero attached hydrogens (tertiary/aromatic N) is 1. The van der Waals surface area contributed by atoms with Crippen LogP contribution in [0.1, 0.15) is 30.4 Å². The van der Waals surface area contributed by atoms with Crippen molar-refractivity contribution in [2.24, 2.45) is 0 Å². The number of amides is 2. The first-order valence-electron chi connectivity index (χ1n) is 9.39.